The van der Waals surface area contributed by atoms with Crippen molar-refractivity contribution in [3.05, 3.63) is 30.1 Å². The minimum atomic E-state index is 0.0536. The molecule has 1 fully saturated rings. The highest BCUT2D eigenvalue weighted by molar-refractivity contribution is 6.13. The summed E-state index contributed by atoms with van der Waals surface area (Å²) in [6.07, 6.45) is 2.54. The quantitative estimate of drug-likeness (QED) is 0.704. The van der Waals surface area contributed by atoms with Crippen LogP contribution in [0.2, 0.25) is 0 Å². The van der Waals surface area contributed by atoms with Crippen molar-refractivity contribution in [3.63, 3.8) is 0 Å². The van der Waals surface area contributed by atoms with Crippen LogP contribution in [0, 0.1) is 0 Å². The summed E-state index contributed by atoms with van der Waals surface area (Å²) in [6.45, 7) is 3.27. The number of nitrogens with two attached hydrogens (primary N) is 1. The summed E-state index contributed by atoms with van der Waals surface area (Å²) in [4.78, 5) is 26.0. The third kappa shape index (κ3) is 1.95. The van der Waals surface area contributed by atoms with Crippen molar-refractivity contribution in [2.75, 3.05) is 18.0 Å². The number of nitrogens with one attached hydrogen (secondary N) is 1. The molecule has 0 amide bonds. The lowest BCUT2D eigenvalue weighted by molar-refractivity contribution is 0.101. The van der Waals surface area contributed by atoms with Gasteiger partial charge in [0.1, 0.15) is 17.8 Å². The Labute approximate surface area is 127 Å². The number of fused-ring (bicyclic) bond motifs is 3. The average molecular weight is 295 g/mol. The fourth-order valence-electron chi connectivity index (χ4n) is 3.15. The molecule has 1 atom stereocenters. The van der Waals surface area contributed by atoms with E-state index in [2.05, 4.69) is 19.9 Å². The molecule has 3 N–H and O–H groups in total. The number of benzene rings is 1. The number of hydrogen-bond acceptors (Lipinski definition) is 5. The maximum absolute atomic E-state index is 11.7. The predicted molar refractivity (Wildman–Crippen MR) is 86.2 cm³/mol. The molecule has 6 nitrogen and oxygen atoms in total. The van der Waals surface area contributed by atoms with E-state index in [1.165, 1.54) is 0 Å². The molecule has 112 valence electrons. The average Bonchev–Trinajstić information content (AvgIpc) is 3.09. The van der Waals surface area contributed by atoms with Crippen molar-refractivity contribution in [2.24, 2.45) is 5.73 Å². The van der Waals surface area contributed by atoms with Crippen molar-refractivity contribution < 1.29 is 4.79 Å². The molecule has 2 aromatic heterocycles. The van der Waals surface area contributed by atoms with Gasteiger partial charge in [0.2, 0.25) is 0 Å². The minimum absolute atomic E-state index is 0.0536. The van der Waals surface area contributed by atoms with Gasteiger partial charge in [-0.15, -0.1) is 0 Å². The van der Waals surface area contributed by atoms with Crippen molar-refractivity contribution in [1.29, 1.82) is 0 Å². The third-order valence-corrected chi connectivity index (χ3v) is 4.30. The number of Topliss-reactive ketones (excluding diaryl/α,β-unsaturated/α-hetero) is 1. The standard InChI is InChI=1S/C16H17N5O/c1-9(22)10-2-3-13-12(6-10)14-15(20-13)18-8-19-16(14)21-5-4-11(17)7-21/h2-3,6,8,11H,4-5,7,17H2,1H3,(H,18,19,20). The van der Waals surface area contributed by atoms with Crippen LogP contribution in [0.5, 0.6) is 0 Å². The number of H-pyrrole nitrogens is 1. The molecule has 0 spiro atoms. The summed E-state index contributed by atoms with van der Waals surface area (Å²) >= 11 is 0. The molecule has 1 saturated heterocycles. The Morgan fingerprint density at radius 3 is 3.00 bits per heavy atom. The highest BCUT2D eigenvalue weighted by atomic mass is 16.1. The zero-order valence-corrected chi connectivity index (χ0v) is 12.3. The van der Waals surface area contributed by atoms with Crippen molar-refractivity contribution in [3.8, 4) is 0 Å². The minimum Gasteiger partial charge on any atom is -0.354 e. The third-order valence-electron chi connectivity index (χ3n) is 4.30. The second-order valence-electron chi connectivity index (χ2n) is 5.86. The molecule has 1 aliphatic heterocycles. The van der Waals surface area contributed by atoms with E-state index in [0.717, 1.165) is 47.3 Å². The summed E-state index contributed by atoms with van der Waals surface area (Å²) in [5.41, 5.74) is 8.47. The summed E-state index contributed by atoms with van der Waals surface area (Å²) < 4.78 is 0. The Balaban J connectivity index is 1.98. The Bertz CT molecular complexity index is 885. The first kappa shape index (κ1) is 13.2. The zero-order chi connectivity index (χ0) is 15.3. The van der Waals surface area contributed by atoms with Gasteiger partial charge < -0.3 is 15.6 Å². The lowest BCUT2D eigenvalue weighted by atomic mass is 10.1. The van der Waals surface area contributed by atoms with Crippen molar-refractivity contribution in [1.82, 2.24) is 15.0 Å². The number of nitrogens with zero attached hydrogens (tertiary/aromatic N) is 3. The number of rotatable bonds is 2. The number of hydrogen-bond donors (Lipinski definition) is 2. The molecule has 1 aliphatic rings. The first-order chi connectivity index (χ1) is 10.6. The van der Waals surface area contributed by atoms with Crippen LogP contribution in [0.25, 0.3) is 21.9 Å². The maximum Gasteiger partial charge on any atom is 0.159 e. The van der Waals surface area contributed by atoms with Gasteiger partial charge in [-0.2, -0.15) is 0 Å². The summed E-state index contributed by atoms with van der Waals surface area (Å²) in [7, 11) is 0. The molecule has 4 rings (SSSR count). The van der Waals surface area contributed by atoms with Gasteiger partial charge in [-0.25, -0.2) is 9.97 Å². The van der Waals surface area contributed by atoms with E-state index in [1.54, 1.807) is 13.3 Å². The van der Waals surface area contributed by atoms with Crippen LogP contribution in [-0.4, -0.2) is 39.9 Å². The smallest absolute Gasteiger partial charge is 0.159 e. The molecule has 6 heteroatoms. The van der Waals surface area contributed by atoms with Crippen molar-refractivity contribution >= 4 is 33.5 Å². The molecular weight excluding hydrogens is 278 g/mol. The molecule has 0 aliphatic carbocycles. The lowest BCUT2D eigenvalue weighted by Crippen LogP contribution is -2.27. The van der Waals surface area contributed by atoms with E-state index in [1.807, 2.05) is 18.2 Å². The van der Waals surface area contributed by atoms with Gasteiger partial charge >= 0.3 is 0 Å². The normalized spacial score (nSPS) is 18.5. The summed E-state index contributed by atoms with van der Waals surface area (Å²) in [6, 6.07) is 5.86. The zero-order valence-electron chi connectivity index (χ0n) is 12.3. The van der Waals surface area contributed by atoms with Crippen LogP contribution in [0.15, 0.2) is 24.5 Å². The van der Waals surface area contributed by atoms with Crippen LogP contribution in [-0.2, 0) is 0 Å². The lowest BCUT2D eigenvalue weighted by Gasteiger charge is -2.17. The van der Waals surface area contributed by atoms with Gasteiger partial charge in [0.05, 0.1) is 5.39 Å². The summed E-state index contributed by atoms with van der Waals surface area (Å²) in [5.74, 6) is 0.947. The number of carbonyl (C=O) groups excluding carboxylic acids is 1. The van der Waals surface area contributed by atoms with Gasteiger partial charge in [0.15, 0.2) is 5.78 Å². The topological polar surface area (TPSA) is 87.9 Å². The number of aromatic nitrogens is 3. The molecular formula is C16H17N5O. The van der Waals surface area contributed by atoms with Crippen molar-refractivity contribution in [2.45, 2.75) is 19.4 Å². The number of anilines is 1. The molecule has 1 aromatic carbocycles. The van der Waals surface area contributed by atoms with E-state index >= 15 is 0 Å². The van der Waals surface area contributed by atoms with Gasteiger partial charge in [-0.05, 0) is 31.5 Å². The second-order valence-corrected chi connectivity index (χ2v) is 5.86. The highest BCUT2D eigenvalue weighted by Crippen LogP contribution is 2.32. The Hall–Kier alpha value is -2.47. The summed E-state index contributed by atoms with van der Waals surface area (Å²) in [5, 5.41) is 1.95. The van der Waals surface area contributed by atoms with Crippen LogP contribution >= 0.6 is 0 Å². The molecule has 3 heterocycles. The van der Waals surface area contributed by atoms with Crippen LogP contribution in [0.4, 0.5) is 5.82 Å². The Morgan fingerprint density at radius 2 is 2.27 bits per heavy atom. The predicted octanol–water partition coefficient (Wildman–Crippen LogP) is 1.85. The van der Waals surface area contributed by atoms with Gasteiger partial charge in [0.25, 0.3) is 0 Å². The number of ketones is 1. The van der Waals surface area contributed by atoms with Crippen LogP contribution in [0.1, 0.15) is 23.7 Å². The van der Waals surface area contributed by atoms with Gasteiger partial charge in [-0.1, -0.05) is 0 Å². The second kappa shape index (κ2) is 4.78. The van der Waals surface area contributed by atoms with Crippen LogP contribution < -0.4 is 10.6 Å². The molecule has 22 heavy (non-hydrogen) atoms. The van der Waals surface area contributed by atoms with E-state index < -0.39 is 0 Å². The largest absolute Gasteiger partial charge is 0.354 e. The van der Waals surface area contributed by atoms with E-state index in [9.17, 15) is 4.79 Å². The van der Waals surface area contributed by atoms with E-state index in [0.29, 0.717) is 5.56 Å². The highest BCUT2D eigenvalue weighted by Gasteiger charge is 2.23. The maximum atomic E-state index is 11.7. The molecule has 3 aromatic rings. The molecule has 1 unspecified atom stereocenters. The first-order valence-corrected chi connectivity index (χ1v) is 7.41. The van der Waals surface area contributed by atoms with E-state index in [-0.39, 0.29) is 11.8 Å². The fraction of sp³-hybridized carbons (Fsp3) is 0.312. The Morgan fingerprint density at radius 1 is 1.41 bits per heavy atom. The number of carbonyl (C=O) groups is 1. The van der Waals surface area contributed by atoms with Gasteiger partial charge in [0, 0.05) is 35.6 Å². The fourth-order valence-corrected chi connectivity index (χ4v) is 3.15. The van der Waals surface area contributed by atoms with Gasteiger partial charge in [-0.3, -0.25) is 4.79 Å². The molecule has 0 saturated carbocycles. The van der Waals surface area contributed by atoms with E-state index in [4.69, 9.17) is 5.73 Å². The Kier molecular flexibility index (Phi) is 2.87. The number of aromatic amines is 1. The molecule has 0 radical (unpaired) electrons. The first-order valence-electron chi connectivity index (χ1n) is 7.41. The monoisotopic (exact) mass is 295 g/mol. The SMILES string of the molecule is CC(=O)c1ccc2[nH]c3ncnc(N4CCC(N)C4)c3c2c1. The molecule has 0 bridgehead atoms. The van der Waals surface area contributed by atoms with Crippen LogP contribution in [0.3, 0.4) is 0 Å².